The fourth-order valence-electron chi connectivity index (χ4n) is 1.13. The lowest BCUT2D eigenvalue weighted by Crippen LogP contribution is -2.36. The van der Waals surface area contributed by atoms with E-state index >= 15 is 0 Å². The Morgan fingerprint density at radius 1 is 1.67 bits per heavy atom. The molecule has 0 radical (unpaired) electrons. The van der Waals surface area contributed by atoms with Crippen LogP contribution in [0.15, 0.2) is 17.3 Å². The second-order valence-electron chi connectivity index (χ2n) is 3.17. The standard InChI is InChI=1S/C8H14ClN3O2S/c1-3-7(6-9)11-15(13,14)8-4-5-10-12(8)2/h4-5,7,11H,3,6H2,1-2H3. The van der Waals surface area contributed by atoms with Gasteiger partial charge in [-0.25, -0.2) is 13.1 Å². The molecule has 0 bridgehead atoms. The van der Waals surface area contributed by atoms with Crippen molar-refractivity contribution in [2.45, 2.75) is 24.4 Å². The number of aromatic nitrogens is 2. The number of sulfonamides is 1. The van der Waals surface area contributed by atoms with E-state index in [4.69, 9.17) is 11.6 Å². The molecule has 1 heterocycles. The second-order valence-corrected chi connectivity index (χ2v) is 5.14. The monoisotopic (exact) mass is 251 g/mol. The van der Waals surface area contributed by atoms with Gasteiger partial charge < -0.3 is 0 Å². The number of hydrogen-bond donors (Lipinski definition) is 1. The predicted molar refractivity (Wildman–Crippen MR) is 58.3 cm³/mol. The zero-order valence-electron chi connectivity index (χ0n) is 8.64. The van der Waals surface area contributed by atoms with Gasteiger partial charge in [0.1, 0.15) is 0 Å². The predicted octanol–water partition coefficient (Wildman–Crippen LogP) is 0.716. The minimum atomic E-state index is -3.51. The molecule has 0 aromatic carbocycles. The van der Waals surface area contributed by atoms with E-state index in [0.29, 0.717) is 6.42 Å². The molecule has 1 unspecified atom stereocenters. The fraction of sp³-hybridized carbons (Fsp3) is 0.625. The number of nitrogens with one attached hydrogen (secondary N) is 1. The summed E-state index contributed by atoms with van der Waals surface area (Å²) in [6.45, 7) is 1.87. The maximum absolute atomic E-state index is 11.8. The zero-order chi connectivity index (χ0) is 11.5. The molecule has 0 amide bonds. The molecule has 1 N–H and O–H groups in total. The van der Waals surface area contributed by atoms with Gasteiger partial charge in [-0.2, -0.15) is 5.10 Å². The summed E-state index contributed by atoms with van der Waals surface area (Å²) in [7, 11) is -1.93. The topological polar surface area (TPSA) is 64.0 Å². The average molecular weight is 252 g/mol. The van der Waals surface area contributed by atoms with E-state index in [1.54, 1.807) is 7.05 Å². The Morgan fingerprint density at radius 3 is 2.73 bits per heavy atom. The Bertz CT molecular complexity index is 411. The molecule has 0 saturated carbocycles. The Kier molecular flexibility index (Phi) is 4.12. The van der Waals surface area contributed by atoms with Crippen molar-refractivity contribution in [2.24, 2.45) is 7.05 Å². The normalized spacial score (nSPS) is 14.1. The highest BCUT2D eigenvalue weighted by Crippen LogP contribution is 2.08. The van der Waals surface area contributed by atoms with Crippen LogP contribution in [0.1, 0.15) is 13.3 Å². The van der Waals surface area contributed by atoms with Gasteiger partial charge in [-0.05, 0) is 12.5 Å². The summed E-state index contributed by atoms with van der Waals surface area (Å²) in [6.07, 6.45) is 2.09. The molecule has 0 fully saturated rings. The molecule has 1 aromatic heterocycles. The Hall–Kier alpha value is -0.590. The number of alkyl halides is 1. The maximum atomic E-state index is 11.8. The van der Waals surface area contributed by atoms with Gasteiger partial charge in [0.25, 0.3) is 10.0 Å². The van der Waals surface area contributed by atoms with E-state index in [2.05, 4.69) is 9.82 Å². The molecule has 1 aromatic rings. The summed E-state index contributed by atoms with van der Waals surface area (Å²) in [6, 6.07) is 1.20. The molecular formula is C8H14ClN3O2S. The maximum Gasteiger partial charge on any atom is 0.257 e. The van der Waals surface area contributed by atoms with Crippen LogP contribution in [0.3, 0.4) is 0 Å². The van der Waals surface area contributed by atoms with Crippen LogP contribution in [0.4, 0.5) is 0 Å². The fourth-order valence-corrected chi connectivity index (χ4v) is 2.96. The highest BCUT2D eigenvalue weighted by atomic mass is 35.5. The smallest absolute Gasteiger partial charge is 0.256 e. The lowest BCUT2D eigenvalue weighted by atomic mass is 10.3. The number of rotatable bonds is 5. The van der Waals surface area contributed by atoms with Crippen LogP contribution in [0.25, 0.3) is 0 Å². The van der Waals surface area contributed by atoms with Gasteiger partial charge in [-0.15, -0.1) is 11.6 Å². The Morgan fingerprint density at radius 2 is 2.33 bits per heavy atom. The summed E-state index contributed by atoms with van der Waals surface area (Å²) in [5.74, 6) is 0.258. The molecule has 1 rings (SSSR count). The zero-order valence-corrected chi connectivity index (χ0v) is 10.2. The second kappa shape index (κ2) is 4.96. The number of hydrogen-bond acceptors (Lipinski definition) is 3. The molecule has 0 spiro atoms. The number of nitrogens with zero attached hydrogens (tertiary/aromatic N) is 2. The molecule has 15 heavy (non-hydrogen) atoms. The van der Waals surface area contributed by atoms with Crippen molar-refractivity contribution >= 4 is 21.6 Å². The molecule has 0 aliphatic heterocycles. The highest BCUT2D eigenvalue weighted by molar-refractivity contribution is 7.89. The van der Waals surface area contributed by atoms with Crippen LogP contribution >= 0.6 is 11.6 Å². The molecule has 1 atom stereocenters. The molecule has 0 saturated heterocycles. The molecule has 0 aliphatic carbocycles. The molecule has 86 valence electrons. The number of halogens is 1. The lowest BCUT2D eigenvalue weighted by Gasteiger charge is -2.13. The highest BCUT2D eigenvalue weighted by Gasteiger charge is 2.21. The van der Waals surface area contributed by atoms with Crippen molar-refractivity contribution in [3.63, 3.8) is 0 Å². The van der Waals surface area contributed by atoms with Crippen molar-refractivity contribution < 1.29 is 8.42 Å². The van der Waals surface area contributed by atoms with Gasteiger partial charge >= 0.3 is 0 Å². The number of aryl methyl sites for hydroxylation is 1. The van der Waals surface area contributed by atoms with E-state index in [1.165, 1.54) is 16.9 Å². The van der Waals surface area contributed by atoms with Crippen molar-refractivity contribution in [1.82, 2.24) is 14.5 Å². The van der Waals surface area contributed by atoms with E-state index in [-0.39, 0.29) is 16.9 Å². The summed E-state index contributed by atoms with van der Waals surface area (Å²) >= 11 is 5.63. The minimum Gasteiger partial charge on any atom is -0.256 e. The summed E-state index contributed by atoms with van der Waals surface area (Å²) in [4.78, 5) is 0. The largest absolute Gasteiger partial charge is 0.257 e. The molecule has 7 heteroatoms. The quantitative estimate of drug-likeness (QED) is 0.785. The van der Waals surface area contributed by atoms with Crippen molar-refractivity contribution in [3.8, 4) is 0 Å². The molecular weight excluding hydrogens is 238 g/mol. The van der Waals surface area contributed by atoms with Gasteiger partial charge in [0.05, 0.1) is 6.20 Å². The van der Waals surface area contributed by atoms with E-state index in [1.807, 2.05) is 6.92 Å². The van der Waals surface area contributed by atoms with E-state index in [9.17, 15) is 8.42 Å². The first-order valence-electron chi connectivity index (χ1n) is 4.57. The van der Waals surface area contributed by atoms with Crippen LogP contribution in [0.2, 0.25) is 0 Å². The Balaban J connectivity index is 2.90. The first kappa shape index (κ1) is 12.5. The van der Waals surface area contributed by atoms with Crippen LogP contribution in [-0.4, -0.2) is 30.1 Å². The third-order valence-corrected chi connectivity index (χ3v) is 4.02. The summed E-state index contributed by atoms with van der Waals surface area (Å²) in [5, 5.41) is 3.95. The van der Waals surface area contributed by atoms with Crippen molar-refractivity contribution in [2.75, 3.05) is 5.88 Å². The van der Waals surface area contributed by atoms with E-state index < -0.39 is 10.0 Å². The third-order valence-electron chi connectivity index (χ3n) is 2.05. The van der Waals surface area contributed by atoms with Crippen molar-refractivity contribution in [3.05, 3.63) is 12.3 Å². The van der Waals surface area contributed by atoms with Crippen LogP contribution in [0, 0.1) is 0 Å². The first-order valence-corrected chi connectivity index (χ1v) is 6.59. The van der Waals surface area contributed by atoms with Crippen LogP contribution in [0.5, 0.6) is 0 Å². The summed E-state index contributed by atoms with van der Waals surface area (Å²) < 4.78 is 27.4. The van der Waals surface area contributed by atoms with Gasteiger partial charge in [0, 0.05) is 19.0 Å². The van der Waals surface area contributed by atoms with Gasteiger partial charge in [0.15, 0.2) is 5.03 Å². The SMILES string of the molecule is CCC(CCl)NS(=O)(=O)c1ccnn1C. The molecule has 5 nitrogen and oxygen atoms in total. The lowest BCUT2D eigenvalue weighted by molar-refractivity contribution is 0.542. The minimum absolute atomic E-state index is 0.145. The van der Waals surface area contributed by atoms with Gasteiger partial charge in [-0.3, -0.25) is 4.68 Å². The summed E-state index contributed by atoms with van der Waals surface area (Å²) in [5.41, 5.74) is 0. The third kappa shape index (κ3) is 2.93. The van der Waals surface area contributed by atoms with E-state index in [0.717, 1.165) is 0 Å². The van der Waals surface area contributed by atoms with Gasteiger partial charge in [-0.1, -0.05) is 6.92 Å². The molecule has 0 aliphatic rings. The van der Waals surface area contributed by atoms with Crippen molar-refractivity contribution in [1.29, 1.82) is 0 Å². The Labute approximate surface area is 94.5 Å². The average Bonchev–Trinajstić information content (AvgIpc) is 2.61. The van der Waals surface area contributed by atoms with Crippen LogP contribution < -0.4 is 4.72 Å². The van der Waals surface area contributed by atoms with Crippen LogP contribution in [-0.2, 0) is 17.1 Å². The first-order chi connectivity index (χ1) is 7.01. The van der Waals surface area contributed by atoms with Gasteiger partial charge in [0.2, 0.25) is 0 Å².